The smallest absolute Gasteiger partial charge is 0.251 e. The predicted octanol–water partition coefficient (Wildman–Crippen LogP) is 5.58. The van der Waals surface area contributed by atoms with Crippen LogP contribution in [-0.2, 0) is 30.7 Å². The first-order valence-corrected chi connectivity index (χ1v) is 16.5. The number of benzene rings is 3. The maximum Gasteiger partial charge on any atom is 0.251 e. The SMILES string of the molecule is CCOCCOc1ccccc1-c1ccc2c(c1)C=C(C(=O)Nc1ccc(CN(C)C3CCOCC3)cc1)CCS2(=O)=O. The van der Waals surface area contributed by atoms with Gasteiger partial charge in [-0.2, -0.15) is 0 Å². The summed E-state index contributed by atoms with van der Waals surface area (Å²) in [5, 5.41) is 2.97. The highest BCUT2D eigenvalue weighted by atomic mass is 32.2. The molecule has 5 rings (SSSR count). The average Bonchev–Trinajstić information content (AvgIpc) is 3.16. The number of anilines is 1. The van der Waals surface area contributed by atoms with Crippen molar-refractivity contribution in [1.82, 2.24) is 4.90 Å². The second kappa shape index (κ2) is 14.3. The van der Waals surface area contributed by atoms with Crippen molar-refractivity contribution >= 4 is 27.5 Å². The van der Waals surface area contributed by atoms with Crippen LogP contribution in [0.3, 0.4) is 0 Å². The summed E-state index contributed by atoms with van der Waals surface area (Å²) in [7, 11) is -1.43. The van der Waals surface area contributed by atoms with Crippen molar-refractivity contribution < 1.29 is 27.4 Å². The van der Waals surface area contributed by atoms with Gasteiger partial charge in [0.25, 0.3) is 5.91 Å². The van der Waals surface area contributed by atoms with Gasteiger partial charge < -0.3 is 19.5 Å². The lowest BCUT2D eigenvalue weighted by atomic mass is 10.0. The molecule has 0 spiro atoms. The fourth-order valence-corrected chi connectivity index (χ4v) is 7.00. The fraction of sp³-hybridized carbons (Fsp3) is 0.382. The topological polar surface area (TPSA) is 94.2 Å². The van der Waals surface area contributed by atoms with Crippen LogP contribution in [-0.4, -0.2) is 71.1 Å². The van der Waals surface area contributed by atoms with Gasteiger partial charge in [-0.25, -0.2) is 8.42 Å². The molecule has 1 fully saturated rings. The molecule has 1 amide bonds. The number of hydrogen-bond acceptors (Lipinski definition) is 7. The summed E-state index contributed by atoms with van der Waals surface area (Å²) in [5.74, 6) is 0.246. The molecule has 0 unspecified atom stereocenters. The van der Waals surface area contributed by atoms with Crippen molar-refractivity contribution in [2.24, 2.45) is 0 Å². The molecule has 3 aromatic carbocycles. The number of fused-ring (bicyclic) bond motifs is 1. The quantitative estimate of drug-likeness (QED) is 0.286. The number of amides is 1. The maximum atomic E-state index is 13.4. The number of carbonyl (C=O) groups is 1. The molecule has 0 saturated carbocycles. The minimum atomic E-state index is -3.57. The zero-order valence-electron chi connectivity index (χ0n) is 24.9. The Morgan fingerprint density at radius 3 is 2.56 bits per heavy atom. The van der Waals surface area contributed by atoms with Gasteiger partial charge in [-0.1, -0.05) is 36.4 Å². The Morgan fingerprint density at radius 1 is 1.02 bits per heavy atom. The van der Waals surface area contributed by atoms with Crippen molar-refractivity contribution in [2.45, 2.75) is 43.7 Å². The largest absolute Gasteiger partial charge is 0.491 e. The van der Waals surface area contributed by atoms with Gasteiger partial charge in [0.2, 0.25) is 0 Å². The third-order valence-electron chi connectivity index (χ3n) is 7.95. The fourth-order valence-electron chi connectivity index (χ4n) is 5.54. The van der Waals surface area contributed by atoms with Gasteiger partial charge in [0.05, 0.1) is 17.3 Å². The molecular formula is C34H40N2O6S. The van der Waals surface area contributed by atoms with Gasteiger partial charge in [0.15, 0.2) is 9.84 Å². The normalized spacial score (nSPS) is 16.7. The first-order valence-electron chi connectivity index (χ1n) is 14.9. The molecule has 1 saturated heterocycles. The van der Waals surface area contributed by atoms with Crippen LogP contribution in [0.4, 0.5) is 5.69 Å². The highest BCUT2D eigenvalue weighted by molar-refractivity contribution is 7.91. The maximum absolute atomic E-state index is 13.4. The molecule has 0 aliphatic carbocycles. The molecule has 2 aliphatic heterocycles. The Hall–Kier alpha value is -3.50. The third-order valence-corrected chi connectivity index (χ3v) is 9.74. The Kier molecular flexibility index (Phi) is 10.3. The average molecular weight is 605 g/mol. The standard InChI is InChI=1S/C34H40N2O6S/c1-3-40-19-20-42-32-7-5-4-6-31(32)26-10-13-33-28(22-26)23-27(16-21-43(33,38)39)34(37)35-29-11-8-25(9-12-29)24-36(2)30-14-17-41-18-15-30/h4-13,22-23,30H,3,14-21,24H2,1-2H3,(H,35,37). The molecule has 8 nitrogen and oxygen atoms in total. The van der Waals surface area contributed by atoms with E-state index in [9.17, 15) is 13.2 Å². The molecule has 0 aromatic heterocycles. The number of sulfone groups is 1. The molecule has 2 heterocycles. The first kappa shape index (κ1) is 30.9. The number of rotatable bonds is 11. The second-order valence-electron chi connectivity index (χ2n) is 10.9. The van der Waals surface area contributed by atoms with Crippen LogP contribution in [0.1, 0.15) is 37.3 Å². The van der Waals surface area contributed by atoms with Gasteiger partial charge in [-0.05, 0) is 86.3 Å². The predicted molar refractivity (Wildman–Crippen MR) is 169 cm³/mol. The number of hydrogen-bond donors (Lipinski definition) is 1. The van der Waals surface area contributed by atoms with Crippen molar-refractivity contribution in [3.05, 3.63) is 83.4 Å². The molecule has 9 heteroatoms. The van der Waals surface area contributed by atoms with Crippen LogP contribution < -0.4 is 10.1 Å². The summed E-state index contributed by atoms with van der Waals surface area (Å²) in [4.78, 5) is 15.9. The van der Waals surface area contributed by atoms with E-state index in [2.05, 4.69) is 17.3 Å². The highest BCUT2D eigenvalue weighted by Gasteiger charge is 2.25. The van der Waals surface area contributed by atoms with E-state index in [0.29, 0.717) is 48.4 Å². The molecule has 43 heavy (non-hydrogen) atoms. The molecule has 228 valence electrons. The highest BCUT2D eigenvalue weighted by Crippen LogP contribution is 2.35. The second-order valence-corrected chi connectivity index (χ2v) is 13.0. The minimum Gasteiger partial charge on any atom is -0.491 e. The van der Waals surface area contributed by atoms with Crippen LogP contribution >= 0.6 is 0 Å². The van der Waals surface area contributed by atoms with E-state index in [1.165, 1.54) is 0 Å². The van der Waals surface area contributed by atoms with Crippen LogP contribution in [0.5, 0.6) is 5.75 Å². The van der Waals surface area contributed by atoms with Crippen molar-refractivity contribution in [2.75, 3.05) is 51.2 Å². The number of ether oxygens (including phenoxy) is 3. The van der Waals surface area contributed by atoms with E-state index in [0.717, 1.165) is 49.3 Å². The molecule has 0 bridgehead atoms. The van der Waals surface area contributed by atoms with Gasteiger partial charge in [0.1, 0.15) is 12.4 Å². The third kappa shape index (κ3) is 7.92. The van der Waals surface area contributed by atoms with E-state index in [1.807, 2.05) is 61.5 Å². The summed E-state index contributed by atoms with van der Waals surface area (Å²) in [6, 6.07) is 21.2. The Morgan fingerprint density at radius 2 is 1.79 bits per heavy atom. The van der Waals surface area contributed by atoms with E-state index in [-0.39, 0.29) is 23.0 Å². The van der Waals surface area contributed by atoms with E-state index >= 15 is 0 Å². The lowest BCUT2D eigenvalue weighted by molar-refractivity contribution is -0.112. The van der Waals surface area contributed by atoms with Crippen molar-refractivity contribution in [3.8, 4) is 16.9 Å². The van der Waals surface area contributed by atoms with E-state index in [4.69, 9.17) is 14.2 Å². The van der Waals surface area contributed by atoms with E-state index < -0.39 is 9.84 Å². The molecule has 1 N–H and O–H groups in total. The first-order chi connectivity index (χ1) is 20.8. The summed E-state index contributed by atoms with van der Waals surface area (Å²) < 4.78 is 43.2. The Balaban J connectivity index is 1.32. The lowest BCUT2D eigenvalue weighted by Crippen LogP contribution is -2.36. The van der Waals surface area contributed by atoms with Crippen LogP contribution in [0.15, 0.2) is 77.2 Å². The molecule has 3 aromatic rings. The van der Waals surface area contributed by atoms with Crippen LogP contribution in [0.25, 0.3) is 17.2 Å². The molecule has 0 radical (unpaired) electrons. The summed E-state index contributed by atoms with van der Waals surface area (Å²) in [5.41, 5.74) is 4.39. The number of para-hydroxylation sites is 1. The minimum absolute atomic E-state index is 0.128. The van der Waals surface area contributed by atoms with Crippen LogP contribution in [0, 0.1) is 0 Å². The molecule has 0 atom stereocenters. The zero-order valence-corrected chi connectivity index (χ0v) is 25.7. The number of carbonyl (C=O) groups excluding carboxylic acids is 1. The van der Waals surface area contributed by atoms with Gasteiger partial charge in [0, 0.05) is 49.2 Å². The van der Waals surface area contributed by atoms with Gasteiger partial charge >= 0.3 is 0 Å². The van der Waals surface area contributed by atoms with Gasteiger partial charge in [-0.15, -0.1) is 0 Å². The zero-order chi connectivity index (χ0) is 30.2. The number of nitrogens with zero attached hydrogens (tertiary/aromatic N) is 1. The van der Waals surface area contributed by atoms with Gasteiger partial charge in [-0.3, -0.25) is 9.69 Å². The van der Waals surface area contributed by atoms with Crippen molar-refractivity contribution in [3.63, 3.8) is 0 Å². The lowest BCUT2D eigenvalue weighted by Gasteiger charge is -2.31. The van der Waals surface area contributed by atoms with E-state index in [1.54, 1.807) is 18.2 Å². The van der Waals surface area contributed by atoms with Crippen molar-refractivity contribution in [1.29, 1.82) is 0 Å². The summed E-state index contributed by atoms with van der Waals surface area (Å²) >= 11 is 0. The van der Waals surface area contributed by atoms with Crippen LogP contribution in [0.2, 0.25) is 0 Å². The summed E-state index contributed by atoms with van der Waals surface area (Å²) in [6.07, 6.45) is 3.90. The summed E-state index contributed by atoms with van der Waals surface area (Å²) in [6.45, 7) is 5.87. The Labute approximate surface area is 254 Å². The molecular weight excluding hydrogens is 564 g/mol. The molecule has 2 aliphatic rings. The number of nitrogens with one attached hydrogen (secondary N) is 1. The Bertz CT molecular complexity index is 1550. The monoisotopic (exact) mass is 604 g/mol.